The topological polar surface area (TPSA) is 29.5 Å². The van der Waals surface area contributed by atoms with Crippen LogP contribution in [0.25, 0.3) is 21.5 Å². The number of fused-ring (bicyclic) bond motifs is 2. The zero-order valence-corrected chi connectivity index (χ0v) is 13.6. The lowest BCUT2D eigenvalue weighted by atomic mass is 9.95. The van der Waals surface area contributed by atoms with Gasteiger partial charge in [0.2, 0.25) is 0 Å². The Morgan fingerprint density at radius 2 is 1.43 bits per heavy atom. The maximum atomic E-state index is 12.4. The van der Waals surface area contributed by atoms with Gasteiger partial charge in [-0.2, -0.15) is 0 Å². The fraction of sp³-hybridized carbons (Fsp3) is 0.250. The highest BCUT2D eigenvalue weighted by Gasteiger charge is 2.14. The minimum Gasteiger partial charge on any atom is -0.368 e. The van der Waals surface area contributed by atoms with Crippen LogP contribution in [0.4, 0.5) is 0 Å². The van der Waals surface area contributed by atoms with Crippen molar-refractivity contribution < 1.29 is 9.63 Å². The molecule has 0 aliphatic carbocycles. The molecule has 0 fully saturated rings. The Labute approximate surface area is 136 Å². The molecule has 23 heavy (non-hydrogen) atoms. The van der Waals surface area contributed by atoms with E-state index in [9.17, 15) is 4.79 Å². The number of hydroxylamine groups is 2. The molecule has 0 aromatic heterocycles. The molecule has 3 aromatic rings. The van der Waals surface area contributed by atoms with Crippen LogP contribution in [-0.4, -0.2) is 24.1 Å². The molecule has 118 valence electrons. The normalized spacial score (nSPS) is 11.3. The van der Waals surface area contributed by atoms with E-state index in [1.807, 2.05) is 38.1 Å². The number of hydrogen-bond acceptors (Lipinski definition) is 3. The Morgan fingerprint density at radius 3 is 1.96 bits per heavy atom. The number of carbonyl (C=O) groups is 1. The predicted molar refractivity (Wildman–Crippen MR) is 94.2 cm³/mol. The highest BCUT2D eigenvalue weighted by atomic mass is 16.7. The molecule has 3 aromatic carbocycles. The first-order valence-electron chi connectivity index (χ1n) is 8.08. The van der Waals surface area contributed by atoms with E-state index in [2.05, 4.69) is 30.3 Å². The van der Waals surface area contributed by atoms with Gasteiger partial charge in [-0.1, -0.05) is 48.5 Å². The van der Waals surface area contributed by atoms with Crippen molar-refractivity contribution in [1.82, 2.24) is 5.06 Å². The number of rotatable bonds is 5. The molecular formula is C20H21NO2. The summed E-state index contributed by atoms with van der Waals surface area (Å²) in [5.41, 5.74) is 1.04. The van der Waals surface area contributed by atoms with Crippen molar-refractivity contribution in [3.8, 4) is 0 Å². The minimum atomic E-state index is -0.213. The summed E-state index contributed by atoms with van der Waals surface area (Å²) in [6.45, 7) is 5.34. The SMILES string of the molecule is CCN(CC)OC(=O)Cc1c2ccccc2cc2ccccc12. The smallest absolute Gasteiger partial charge is 0.329 e. The fourth-order valence-corrected chi connectivity index (χ4v) is 2.97. The summed E-state index contributed by atoms with van der Waals surface area (Å²) in [7, 11) is 0. The first kappa shape index (κ1) is 15.5. The molecule has 0 atom stereocenters. The van der Waals surface area contributed by atoms with Gasteiger partial charge in [0.05, 0.1) is 6.42 Å². The minimum absolute atomic E-state index is 0.213. The molecule has 0 bridgehead atoms. The molecule has 0 aliphatic rings. The van der Waals surface area contributed by atoms with Crippen molar-refractivity contribution >= 4 is 27.5 Å². The molecule has 0 radical (unpaired) electrons. The van der Waals surface area contributed by atoms with Gasteiger partial charge in [0.1, 0.15) is 0 Å². The Balaban J connectivity index is 2.05. The molecule has 0 saturated heterocycles. The van der Waals surface area contributed by atoms with E-state index in [-0.39, 0.29) is 12.4 Å². The van der Waals surface area contributed by atoms with Crippen LogP contribution >= 0.6 is 0 Å². The maximum absolute atomic E-state index is 12.4. The number of benzene rings is 3. The van der Waals surface area contributed by atoms with Gasteiger partial charge < -0.3 is 4.84 Å². The maximum Gasteiger partial charge on any atom is 0.329 e. The zero-order chi connectivity index (χ0) is 16.2. The first-order chi connectivity index (χ1) is 11.2. The van der Waals surface area contributed by atoms with Crippen LogP contribution in [0.5, 0.6) is 0 Å². The van der Waals surface area contributed by atoms with Gasteiger partial charge in [-0.25, -0.2) is 4.79 Å². The van der Waals surface area contributed by atoms with E-state index in [1.165, 1.54) is 0 Å². The first-order valence-corrected chi connectivity index (χ1v) is 8.08. The standard InChI is InChI=1S/C20H21NO2/c1-3-21(4-2)23-20(22)14-19-17-11-7-5-9-15(17)13-16-10-6-8-12-18(16)19/h5-13H,3-4,14H2,1-2H3. The van der Waals surface area contributed by atoms with Crippen LogP contribution in [0.1, 0.15) is 19.4 Å². The molecule has 0 N–H and O–H groups in total. The van der Waals surface area contributed by atoms with Crippen molar-refractivity contribution in [2.75, 3.05) is 13.1 Å². The second-order valence-corrected chi connectivity index (χ2v) is 5.55. The molecule has 3 heteroatoms. The fourth-order valence-electron chi connectivity index (χ4n) is 2.97. The van der Waals surface area contributed by atoms with Crippen LogP contribution in [-0.2, 0) is 16.1 Å². The molecule has 0 heterocycles. The lowest BCUT2D eigenvalue weighted by Crippen LogP contribution is -2.27. The van der Waals surface area contributed by atoms with E-state index < -0.39 is 0 Å². The van der Waals surface area contributed by atoms with E-state index in [0.29, 0.717) is 13.1 Å². The van der Waals surface area contributed by atoms with Gasteiger partial charge in [-0.3, -0.25) is 0 Å². The summed E-state index contributed by atoms with van der Waals surface area (Å²) in [6, 6.07) is 18.5. The quantitative estimate of drug-likeness (QED) is 0.519. The second kappa shape index (κ2) is 6.80. The summed E-state index contributed by atoms with van der Waals surface area (Å²) >= 11 is 0. The van der Waals surface area contributed by atoms with E-state index >= 15 is 0 Å². The summed E-state index contributed by atoms with van der Waals surface area (Å²) < 4.78 is 0. The Kier molecular flexibility index (Phi) is 4.58. The Bertz CT molecular complexity index is 783. The van der Waals surface area contributed by atoms with Gasteiger partial charge in [0.25, 0.3) is 0 Å². The van der Waals surface area contributed by atoms with Crippen molar-refractivity contribution in [3.63, 3.8) is 0 Å². The van der Waals surface area contributed by atoms with E-state index in [4.69, 9.17) is 4.84 Å². The third kappa shape index (κ3) is 3.20. The highest BCUT2D eigenvalue weighted by molar-refractivity contribution is 6.04. The van der Waals surface area contributed by atoms with Gasteiger partial charge in [0.15, 0.2) is 0 Å². The van der Waals surface area contributed by atoms with Crippen molar-refractivity contribution in [2.24, 2.45) is 0 Å². The molecule has 3 rings (SSSR count). The Morgan fingerprint density at radius 1 is 0.913 bits per heavy atom. The average molecular weight is 307 g/mol. The van der Waals surface area contributed by atoms with Crippen LogP contribution in [0.15, 0.2) is 54.6 Å². The highest BCUT2D eigenvalue weighted by Crippen LogP contribution is 2.29. The van der Waals surface area contributed by atoms with Gasteiger partial charge >= 0.3 is 5.97 Å². The van der Waals surface area contributed by atoms with Crippen LogP contribution in [0, 0.1) is 0 Å². The van der Waals surface area contributed by atoms with Crippen LogP contribution < -0.4 is 0 Å². The zero-order valence-electron chi connectivity index (χ0n) is 13.6. The Hall–Kier alpha value is -2.39. The number of nitrogens with zero attached hydrogens (tertiary/aromatic N) is 1. The summed E-state index contributed by atoms with van der Waals surface area (Å²) in [5, 5.41) is 6.20. The molecule has 0 spiro atoms. The third-order valence-electron chi connectivity index (χ3n) is 4.14. The summed E-state index contributed by atoms with van der Waals surface area (Å²) in [5.74, 6) is -0.213. The van der Waals surface area contributed by atoms with Crippen LogP contribution in [0.3, 0.4) is 0 Å². The van der Waals surface area contributed by atoms with Crippen LogP contribution in [0.2, 0.25) is 0 Å². The molecule has 0 saturated carbocycles. The van der Waals surface area contributed by atoms with E-state index in [1.54, 1.807) is 5.06 Å². The molecule has 0 amide bonds. The van der Waals surface area contributed by atoms with Crippen molar-refractivity contribution in [1.29, 1.82) is 0 Å². The number of hydrogen-bond donors (Lipinski definition) is 0. The molecule has 3 nitrogen and oxygen atoms in total. The van der Waals surface area contributed by atoms with E-state index in [0.717, 1.165) is 27.1 Å². The summed E-state index contributed by atoms with van der Waals surface area (Å²) in [4.78, 5) is 17.8. The lowest BCUT2D eigenvalue weighted by Gasteiger charge is -2.18. The third-order valence-corrected chi connectivity index (χ3v) is 4.14. The molecule has 0 aliphatic heterocycles. The second-order valence-electron chi connectivity index (χ2n) is 5.55. The van der Waals surface area contributed by atoms with Crippen molar-refractivity contribution in [2.45, 2.75) is 20.3 Å². The van der Waals surface area contributed by atoms with Gasteiger partial charge in [-0.15, -0.1) is 5.06 Å². The predicted octanol–water partition coefficient (Wildman–Crippen LogP) is 4.34. The van der Waals surface area contributed by atoms with Crippen molar-refractivity contribution in [3.05, 3.63) is 60.2 Å². The molecular weight excluding hydrogens is 286 g/mol. The molecule has 0 unspecified atom stereocenters. The number of carbonyl (C=O) groups excluding carboxylic acids is 1. The summed E-state index contributed by atoms with van der Waals surface area (Å²) in [6.07, 6.45) is 0.276. The van der Waals surface area contributed by atoms with Gasteiger partial charge in [-0.05, 0) is 47.0 Å². The van der Waals surface area contributed by atoms with Gasteiger partial charge in [0, 0.05) is 13.1 Å². The lowest BCUT2D eigenvalue weighted by molar-refractivity contribution is -0.187. The average Bonchev–Trinajstić information content (AvgIpc) is 2.59. The largest absolute Gasteiger partial charge is 0.368 e. The monoisotopic (exact) mass is 307 g/mol.